The van der Waals surface area contributed by atoms with Crippen molar-refractivity contribution in [3.63, 3.8) is 0 Å². The summed E-state index contributed by atoms with van der Waals surface area (Å²) < 4.78 is 11.5. The largest absolute Gasteiger partial charge is 0.497 e. The van der Waals surface area contributed by atoms with Crippen LogP contribution in [0.2, 0.25) is 0 Å². The van der Waals surface area contributed by atoms with E-state index in [2.05, 4.69) is 11.9 Å². The zero-order valence-electron chi connectivity index (χ0n) is 22.4. The molecule has 2 aromatic rings. The third-order valence-electron chi connectivity index (χ3n) is 7.38. The van der Waals surface area contributed by atoms with Crippen LogP contribution in [-0.4, -0.2) is 72.0 Å². The molecule has 2 aliphatic rings. The second-order valence-electron chi connectivity index (χ2n) is 9.90. The zero-order valence-corrected chi connectivity index (χ0v) is 22.4. The number of nitrogens with zero attached hydrogens (tertiary/aromatic N) is 1. The average molecular weight is 535 g/mol. The monoisotopic (exact) mass is 534 g/mol. The van der Waals surface area contributed by atoms with Crippen LogP contribution in [0.15, 0.2) is 72.8 Å². The van der Waals surface area contributed by atoms with Crippen molar-refractivity contribution in [2.24, 2.45) is 0 Å². The summed E-state index contributed by atoms with van der Waals surface area (Å²) in [5.41, 5.74) is 2.25. The Kier molecular flexibility index (Phi) is 9.79. The standard InChI is InChI=1S/C31H38N2O6/c1-3-4-5-6-14-27(35)33(17-15-21-10-9-11-22(19-21)38-2)25-20-24(31(37)32-16-18-34)28-23-12-7-8-13-26(23)39-30(28)29(25)36/h3,7-13,19-20,25,28-30,34,36H,1,4-6,14-18H2,2H3,(H,32,37). The number of unbranched alkanes of at least 4 members (excludes halogenated alkanes) is 2. The molecule has 0 spiro atoms. The van der Waals surface area contributed by atoms with Crippen molar-refractivity contribution in [3.05, 3.63) is 84.0 Å². The van der Waals surface area contributed by atoms with E-state index in [1.807, 2.05) is 54.6 Å². The zero-order chi connectivity index (χ0) is 27.8. The minimum Gasteiger partial charge on any atom is -0.497 e. The average Bonchev–Trinajstić information content (AvgIpc) is 3.35. The van der Waals surface area contributed by atoms with Crippen molar-refractivity contribution >= 4 is 11.8 Å². The fourth-order valence-corrected chi connectivity index (χ4v) is 5.42. The Morgan fingerprint density at radius 2 is 2.00 bits per heavy atom. The summed E-state index contributed by atoms with van der Waals surface area (Å²) in [6, 6.07) is 14.4. The number of carbonyl (C=O) groups is 2. The van der Waals surface area contributed by atoms with Gasteiger partial charge in [0.05, 0.1) is 25.7 Å². The smallest absolute Gasteiger partial charge is 0.247 e. The maximum absolute atomic E-state index is 13.6. The molecule has 1 aliphatic heterocycles. The van der Waals surface area contributed by atoms with Crippen LogP contribution in [0.5, 0.6) is 11.5 Å². The van der Waals surface area contributed by atoms with Gasteiger partial charge >= 0.3 is 0 Å². The summed E-state index contributed by atoms with van der Waals surface area (Å²) in [6.45, 7) is 4.01. The number of benzene rings is 2. The second kappa shape index (κ2) is 13.4. The number of carbonyl (C=O) groups excluding carboxylic acids is 2. The fourth-order valence-electron chi connectivity index (χ4n) is 5.42. The number of hydrogen-bond acceptors (Lipinski definition) is 6. The van der Waals surface area contributed by atoms with Crippen molar-refractivity contribution in [2.45, 2.75) is 56.3 Å². The number of para-hydroxylation sites is 1. The Balaban J connectivity index is 1.66. The Morgan fingerprint density at radius 1 is 1.18 bits per heavy atom. The molecular weight excluding hydrogens is 496 g/mol. The van der Waals surface area contributed by atoms with Crippen molar-refractivity contribution < 1.29 is 29.3 Å². The minimum atomic E-state index is -1.04. The van der Waals surface area contributed by atoms with E-state index in [1.165, 1.54) is 0 Å². The molecule has 39 heavy (non-hydrogen) atoms. The highest BCUT2D eigenvalue weighted by molar-refractivity contribution is 5.96. The van der Waals surface area contributed by atoms with Crippen LogP contribution in [0.4, 0.5) is 0 Å². The number of amides is 2. The van der Waals surface area contributed by atoms with Gasteiger partial charge in [-0.15, -0.1) is 6.58 Å². The van der Waals surface area contributed by atoms with Gasteiger partial charge in [0, 0.05) is 30.6 Å². The van der Waals surface area contributed by atoms with E-state index in [1.54, 1.807) is 18.1 Å². The van der Waals surface area contributed by atoms with Gasteiger partial charge in [-0.2, -0.15) is 0 Å². The van der Waals surface area contributed by atoms with Gasteiger partial charge in [-0.1, -0.05) is 36.4 Å². The van der Waals surface area contributed by atoms with Crippen LogP contribution < -0.4 is 14.8 Å². The molecule has 0 radical (unpaired) electrons. The molecule has 0 aromatic heterocycles. The molecule has 8 heteroatoms. The highest BCUT2D eigenvalue weighted by atomic mass is 16.5. The van der Waals surface area contributed by atoms with E-state index in [0.717, 1.165) is 29.7 Å². The number of methoxy groups -OCH3 is 1. The molecule has 0 saturated heterocycles. The highest BCUT2D eigenvalue weighted by Crippen LogP contribution is 2.47. The number of nitrogens with one attached hydrogen (secondary N) is 1. The summed E-state index contributed by atoms with van der Waals surface area (Å²) in [7, 11) is 1.61. The first-order valence-electron chi connectivity index (χ1n) is 13.6. The lowest BCUT2D eigenvalue weighted by Crippen LogP contribution is -2.56. The summed E-state index contributed by atoms with van der Waals surface area (Å²) in [5, 5.41) is 23.7. The molecule has 0 bridgehead atoms. The molecule has 3 N–H and O–H groups in total. The van der Waals surface area contributed by atoms with Crippen LogP contribution >= 0.6 is 0 Å². The van der Waals surface area contributed by atoms with E-state index in [-0.39, 0.29) is 25.0 Å². The first kappa shape index (κ1) is 28.4. The van der Waals surface area contributed by atoms with Gasteiger partial charge in [-0.3, -0.25) is 9.59 Å². The predicted octanol–water partition coefficient (Wildman–Crippen LogP) is 3.14. The number of ether oxygens (including phenoxy) is 2. The molecule has 4 atom stereocenters. The molecule has 2 aromatic carbocycles. The summed E-state index contributed by atoms with van der Waals surface area (Å²) in [5.74, 6) is 0.435. The van der Waals surface area contributed by atoms with Crippen molar-refractivity contribution in [2.75, 3.05) is 26.8 Å². The Morgan fingerprint density at radius 3 is 2.77 bits per heavy atom. The Bertz CT molecular complexity index is 1200. The molecule has 1 aliphatic carbocycles. The molecular formula is C31H38N2O6. The van der Waals surface area contributed by atoms with E-state index < -0.39 is 24.2 Å². The van der Waals surface area contributed by atoms with Gasteiger partial charge in [0.25, 0.3) is 0 Å². The molecule has 208 valence electrons. The first-order valence-corrected chi connectivity index (χ1v) is 13.6. The van der Waals surface area contributed by atoms with Crippen molar-refractivity contribution in [1.82, 2.24) is 10.2 Å². The number of hydrogen-bond donors (Lipinski definition) is 3. The molecule has 0 saturated carbocycles. The number of allylic oxidation sites excluding steroid dienone is 1. The molecule has 0 fully saturated rings. The molecule has 1 heterocycles. The fraction of sp³-hybridized carbons (Fsp3) is 0.419. The SMILES string of the molecule is C=CCCCCC(=O)N(CCc1cccc(OC)c1)C1C=C(C(=O)NCCO)C2c3ccccc3OC2C1O. The van der Waals surface area contributed by atoms with Crippen LogP contribution in [-0.2, 0) is 16.0 Å². The maximum Gasteiger partial charge on any atom is 0.247 e. The lowest BCUT2D eigenvalue weighted by Gasteiger charge is -2.41. The minimum absolute atomic E-state index is 0.0914. The van der Waals surface area contributed by atoms with Gasteiger partial charge in [0.1, 0.15) is 23.7 Å². The van der Waals surface area contributed by atoms with E-state index >= 15 is 0 Å². The second-order valence-corrected chi connectivity index (χ2v) is 9.90. The van der Waals surface area contributed by atoms with Crippen LogP contribution in [0, 0.1) is 0 Å². The van der Waals surface area contributed by atoms with Crippen LogP contribution in [0.25, 0.3) is 0 Å². The van der Waals surface area contributed by atoms with Gasteiger partial charge in [-0.25, -0.2) is 0 Å². The Labute approximate surface area is 229 Å². The van der Waals surface area contributed by atoms with E-state index in [4.69, 9.17) is 9.47 Å². The lowest BCUT2D eigenvalue weighted by molar-refractivity contribution is -0.137. The quantitative estimate of drug-likeness (QED) is 0.269. The number of rotatable bonds is 13. The molecule has 2 amide bonds. The van der Waals surface area contributed by atoms with E-state index in [0.29, 0.717) is 37.1 Å². The maximum atomic E-state index is 13.6. The number of aliphatic hydroxyl groups is 2. The third-order valence-corrected chi connectivity index (χ3v) is 7.38. The van der Waals surface area contributed by atoms with Gasteiger partial charge in [-0.05, 0) is 55.5 Å². The van der Waals surface area contributed by atoms with Crippen LogP contribution in [0.3, 0.4) is 0 Å². The van der Waals surface area contributed by atoms with E-state index in [9.17, 15) is 19.8 Å². The Hall–Kier alpha value is -3.62. The molecule has 8 nitrogen and oxygen atoms in total. The highest BCUT2D eigenvalue weighted by Gasteiger charge is 2.50. The van der Waals surface area contributed by atoms with Crippen LogP contribution in [0.1, 0.15) is 42.7 Å². The topological polar surface area (TPSA) is 108 Å². The number of aliphatic hydroxyl groups excluding tert-OH is 2. The normalized spacial score (nSPS) is 21.2. The first-order chi connectivity index (χ1) is 19.0. The third kappa shape index (κ3) is 6.52. The molecule has 4 rings (SSSR count). The van der Waals surface area contributed by atoms with Crippen molar-refractivity contribution in [3.8, 4) is 11.5 Å². The predicted molar refractivity (Wildman–Crippen MR) is 149 cm³/mol. The van der Waals surface area contributed by atoms with Gasteiger partial charge in [0.2, 0.25) is 11.8 Å². The summed E-state index contributed by atoms with van der Waals surface area (Å²) >= 11 is 0. The summed E-state index contributed by atoms with van der Waals surface area (Å²) in [4.78, 5) is 28.6. The molecule has 4 unspecified atom stereocenters. The number of fused-ring (bicyclic) bond motifs is 3. The van der Waals surface area contributed by atoms with Crippen molar-refractivity contribution in [1.29, 1.82) is 0 Å². The van der Waals surface area contributed by atoms with Gasteiger partial charge in [0.15, 0.2) is 0 Å². The summed E-state index contributed by atoms with van der Waals surface area (Å²) in [6.07, 6.45) is 5.04. The lowest BCUT2D eigenvalue weighted by atomic mass is 9.77. The van der Waals surface area contributed by atoms with Gasteiger partial charge < -0.3 is 29.9 Å².